The normalized spacial score (nSPS) is 15.0. The second-order valence-electron chi connectivity index (χ2n) is 3.27. The van der Waals surface area contributed by atoms with Crippen molar-refractivity contribution in [3.05, 3.63) is 22.4 Å². The van der Waals surface area contributed by atoms with Gasteiger partial charge in [0, 0.05) is 0 Å². The molecule has 1 fully saturated rings. The molecule has 0 aromatic carbocycles. The Kier molecular flexibility index (Phi) is 2.77. The first-order valence-electron chi connectivity index (χ1n) is 4.56. The average Bonchev–Trinajstić information content (AvgIpc) is 3.01. The van der Waals surface area contributed by atoms with Gasteiger partial charge in [-0.05, 0) is 19.1 Å². The van der Waals surface area contributed by atoms with Crippen LogP contribution in [0.15, 0.2) is 17.3 Å². The SMILES string of the molecule is CSc1ncc(OC2CC2)cc1[N+](=O)[O-]. The maximum absolute atomic E-state index is 10.7. The Bertz CT molecular complexity index is 393. The minimum atomic E-state index is -0.432. The van der Waals surface area contributed by atoms with Crippen molar-refractivity contribution in [2.45, 2.75) is 24.0 Å². The Balaban J connectivity index is 2.26. The second-order valence-corrected chi connectivity index (χ2v) is 4.07. The first kappa shape index (κ1) is 10.2. The van der Waals surface area contributed by atoms with Crippen molar-refractivity contribution in [2.75, 3.05) is 6.26 Å². The van der Waals surface area contributed by atoms with Crippen LogP contribution >= 0.6 is 11.8 Å². The molecule has 5 nitrogen and oxygen atoms in total. The van der Waals surface area contributed by atoms with E-state index in [4.69, 9.17) is 4.74 Å². The summed E-state index contributed by atoms with van der Waals surface area (Å²) in [4.78, 5) is 14.3. The summed E-state index contributed by atoms with van der Waals surface area (Å²) in [6.45, 7) is 0. The van der Waals surface area contributed by atoms with E-state index in [1.807, 2.05) is 0 Å². The largest absolute Gasteiger partial charge is 0.489 e. The molecular weight excluding hydrogens is 216 g/mol. The lowest BCUT2D eigenvalue weighted by Crippen LogP contribution is -1.99. The topological polar surface area (TPSA) is 65.3 Å². The number of aromatic nitrogens is 1. The molecule has 1 aliphatic carbocycles. The lowest BCUT2D eigenvalue weighted by molar-refractivity contribution is -0.388. The van der Waals surface area contributed by atoms with E-state index in [0.717, 1.165) is 12.8 Å². The van der Waals surface area contributed by atoms with Crippen LogP contribution < -0.4 is 4.74 Å². The van der Waals surface area contributed by atoms with Crippen LogP contribution in [-0.2, 0) is 0 Å². The number of ether oxygens (including phenoxy) is 1. The first-order valence-corrected chi connectivity index (χ1v) is 5.78. The Hall–Kier alpha value is -1.30. The standard InChI is InChI=1S/C9H10N2O3S/c1-15-9-8(11(12)13)4-7(5-10-9)14-6-2-3-6/h4-6H,2-3H2,1H3. The highest BCUT2D eigenvalue weighted by molar-refractivity contribution is 7.98. The highest BCUT2D eigenvalue weighted by atomic mass is 32.2. The van der Waals surface area contributed by atoms with Gasteiger partial charge in [0.2, 0.25) is 0 Å². The van der Waals surface area contributed by atoms with Gasteiger partial charge < -0.3 is 4.74 Å². The molecule has 1 heterocycles. The zero-order valence-corrected chi connectivity index (χ0v) is 8.99. The van der Waals surface area contributed by atoms with E-state index >= 15 is 0 Å². The molecule has 0 radical (unpaired) electrons. The summed E-state index contributed by atoms with van der Waals surface area (Å²) in [5, 5.41) is 11.2. The van der Waals surface area contributed by atoms with Crippen molar-refractivity contribution < 1.29 is 9.66 Å². The third kappa shape index (κ3) is 2.38. The van der Waals surface area contributed by atoms with Gasteiger partial charge in [0.15, 0.2) is 5.03 Å². The monoisotopic (exact) mass is 226 g/mol. The summed E-state index contributed by atoms with van der Waals surface area (Å²) in [5.74, 6) is 0.488. The molecule has 0 bridgehead atoms. The fourth-order valence-electron chi connectivity index (χ4n) is 1.15. The van der Waals surface area contributed by atoms with Gasteiger partial charge in [-0.15, -0.1) is 11.8 Å². The molecule has 0 aliphatic heterocycles. The maximum Gasteiger partial charge on any atom is 0.305 e. The van der Waals surface area contributed by atoms with Crippen molar-refractivity contribution >= 4 is 17.4 Å². The first-order chi connectivity index (χ1) is 7.20. The molecule has 80 valence electrons. The number of rotatable bonds is 4. The summed E-state index contributed by atoms with van der Waals surface area (Å²) in [6.07, 6.45) is 5.58. The highest BCUT2D eigenvalue weighted by Crippen LogP contribution is 2.32. The highest BCUT2D eigenvalue weighted by Gasteiger charge is 2.25. The van der Waals surface area contributed by atoms with Crippen molar-refractivity contribution in [3.63, 3.8) is 0 Å². The van der Waals surface area contributed by atoms with Gasteiger partial charge in [0.1, 0.15) is 5.75 Å². The number of hydrogen-bond donors (Lipinski definition) is 0. The van der Waals surface area contributed by atoms with E-state index in [1.165, 1.54) is 24.0 Å². The van der Waals surface area contributed by atoms with Crippen LogP contribution in [0, 0.1) is 10.1 Å². The second kappa shape index (κ2) is 4.06. The maximum atomic E-state index is 10.7. The van der Waals surface area contributed by atoms with E-state index in [1.54, 1.807) is 6.26 Å². The molecular formula is C9H10N2O3S. The minimum Gasteiger partial charge on any atom is -0.489 e. The van der Waals surface area contributed by atoms with Gasteiger partial charge >= 0.3 is 5.69 Å². The molecule has 2 rings (SSSR count). The van der Waals surface area contributed by atoms with Gasteiger partial charge in [-0.1, -0.05) is 0 Å². The Morgan fingerprint density at radius 3 is 2.93 bits per heavy atom. The predicted molar refractivity (Wildman–Crippen MR) is 56.3 cm³/mol. The molecule has 1 saturated carbocycles. The number of hydrogen-bond acceptors (Lipinski definition) is 5. The number of nitrogens with zero attached hydrogens (tertiary/aromatic N) is 2. The van der Waals surface area contributed by atoms with E-state index in [0.29, 0.717) is 10.8 Å². The van der Waals surface area contributed by atoms with Gasteiger partial charge in [-0.2, -0.15) is 0 Å². The number of nitro groups is 1. The molecule has 1 aromatic rings. The van der Waals surface area contributed by atoms with Gasteiger partial charge in [-0.3, -0.25) is 10.1 Å². The molecule has 6 heteroatoms. The van der Waals surface area contributed by atoms with Crippen molar-refractivity contribution in [1.29, 1.82) is 0 Å². The van der Waals surface area contributed by atoms with Crippen LogP contribution in [0.25, 0.3) is 0 Å². The smallest absolute Gasteiger partial charge is 0.305 e. The zero-order valence-electron chi connectivity index (χ0n) is 8.17. The van der Waals surface area contributed by atoms with Crippen LogP contribution in [0.2, 0.25) is 0 Å². The van der Waals surface area contributed by atoms with E-state index in [2.05, 4.69) is 4.98 Å². The fraction of sp³-hybridized carbons (Fsp3) is 0.444. The molecule has 1 aromatic heterocycles. The predicted octanol–water partition coefficient (Wildman–Crippen LogP) is 2.25. The molecule has 0 amide bonds. The average molecular weight is 226 g/mol. The van der Waals surface area contributed by atoms with Crippen LogP contribution in [0.4, 0.5) is 5.69 Å². The Morgan fingerprint density at radius 1 is 1.67 bits per heavy atom. The molecule has 0 unspecified atom stereocenters. The number of thioether (sulfide) groups is 1. The van der Waals surface area contributed by atoms with Gasteiger partial charge in [0.25, 0.3) is 0 Å². The van der Waals surface area contributed by atoms with Crippen LogP contribution in [0.5, 0.6) is 5.75 Å². The van der Waals surface area contributed by atoms with Crippen LogP contribution in [0.1, 0.15) is 12.8 Å². The quantitative estimate of drug-likeness (QED) is 0.447. The van der Waals surface area contributed by atoms with Gasteiger partial charge in [0.05, 0.1) is 23.3 Å². The molecule has 1 aliphatic rings. The summed E-state index contributed by atoms with van der Waals surface area (Å²) in [6, 6.07) is 1.44. The summed E-state index contributed by atoms with van der Waals surface area (Å²) < 4.78 is 5.44. The molecule has 0 N–H and O–H groups in total. The van der Waals surface area contributed by atoms with Crippen molar-refractivity contribution in [3.8, 4) is 5.75 Å². The minimum absolute atomic E-state index is 0.0145. The zero-order chi connectivity index (χ0) is 10.8. The van der Waals surface area contributed by atoms with Crippen molar-refractivity contribution in [2.24, 2.45) is 0 Å². The Morgan fingerprint density at radius 2 is 2.40 bits per heavy atom. The Labute approximate surface area is 91.0 Å². The van der Waals surface area contributed by atoms with E-state index in [-0.39, 0.29) is 11.8 Å². The van der Waals surface area contributed by atoms with E-state index < -0.39 is 4.92 Å². The number of pyridine rings is 1. The fourth-order valence-corrected chi connectivity index (χ4v) is 1.65. The van der Waals surface area contributed by atoms with Crippen molar-refractivity contribution in [1.82, 2.24) is 4.98 Å². The summed E-state index contributed by atoms with van der Waals surface area (Å²) in [5.41, 5.74) is 0.0145. The van der Waals surface area contributed by atoms with Gasteiger partial charge in [-0.25, -0.2) is 4.98 Å². The van der Waals surface area contributed by atoms with E-state index in [9.17, 15) is 10.1 Å². The third-order valence-electron chi connectivity index (χ3n) is 2.02. The molecule has 0 atom stereocenters. The van der Waals surface area contributed by atoms with Crippen LogP contribution in [0.3, 0.4) is 0 Å². The molecule has 0 spiro atoms. The lowest BCUT2D eigenvalue weighted by Gasteiger charge is -2.04. The molecule has 15 heavy (non-hydrogen) atoms. The lowest BCUT2D eigenvalue weighted by atomic mass is 10.4. The summed E-state index contributed by atoms with van der Waals surface area (Å²) in [7, 11) is 0. The summed E-state index contributed by atoms with van der Waals surface area (Å²) >= 11 is 1.26. The third-order valence-corrected chi connectivity index (χ3v) is 2.73. The van der Waals surface area contributed by atoms with Crippen LogP contribution in [-0.4, -0.2) is 22.3 Å². The molecule has 0 saturated heterocycles.